The standard InChI is InChI=1S/C18H25F2N3O4/c1-3-23(9-16(24)25)13-7-12(8-13)22-17(26)21-10-18(2,27)14-5-4-11(19)6-15(14)20/h4-6,12-13,27H,3,7-10H2,1-2H3,(H,24,25)(H2,21,22,26). The number of hydrogen-bond donors (Lipinski definition) is 4. The molecule has 0 saturated heterocycles. The first kappa shape index (κ1) is 21.0. The van der Waals surface area contributed by atoms with Crippen molar-refractivity contribution in [3.8, 4) is 0 Å². The summed E-state index contributed by atoms with van der Waals surface area (Å²) in [4.78, 5) is 24.6. The van der Waals surface area contributed by atoms with Crippen LogP contribution in [0.2, 0.25) is 0 Å². The van der Waals surface area contributed by atoms with Gasteiger partial charge in [-0.05, 0) is 32.4 Å². The topological polar surface area (TPSA) is 102 Å². The van der Waals surface area contributed by atoms with Crippen molar-refractivity contribution >= 4 is 12.0 Å². The molecular weight excluding hydrogens is 360 g/mol. The number of likely N-dealkylation sites (N-methyl/N-ethyl adjacent to an activating group) is 1. The quantitative estimate of drug-likeness (QED) is 0.542. The lowest BCUT2D eigenvalue weighted by Crippen LogP contribution is -2.57. The number of nitrogens with zero attached hydrogens (tertiary/aromatic N) is 1. The fourth-order valence-corrected chi connectivity index (χ4v) is 3.19. The van der Waals surface area contributed by atoms with Crippen LogP contribution in [0.15, 0.2) is 18.2 Å². The van der Waals surface area contributed by atoms with Crippen molar-refractivity contribution in [3.63, 3.8) is 0 Å². The van der Waals surface area contributed by atoms with Crippen molar-refractivity contribution in [2.75, 3.05) is 19.6 Å². The first-order valence-electron chi connectivity index (χ1n) is 8.80. The zero-order chi connectivity index (χ0) is 20.2. The molecule has 7 nitrogen and oxygen atoms in total. The van der Waals surface area contributed by atoms with Crippen LogP contribution >= 0.6 is 0 Å². The van der Waals surface area contributed by atoms with Gasteiger partial charge in [0, 0.05) is 23.7 Å². The van der Waals surface area contributed by atoms with Gasteiger partial charge < -0.3 is 20.8 Å². The van der Waals surface area contributed by atoms with Crippen molar-refractivity contribution in [1.29, 1.82) is 0 Å². The zero-order valence-corrected chi connectivity index (χ0v) is 15.3. The van der Waals surface area contributed by atoms with E-state index in [0.717, 1.165) is 12.1 Å². The molecule has 1 aliphatic rings. The summed E-state index contributed by atoms with van der Waals surface area (Å²) in [6.07, 6.45) is 1.27. The normalized spacial score (nSPS) is 21.3. The first-order chi connectivity index (χ1) is 12.6. The van der Waals surface area contributed by atoms with Gasteiger partial charge in [0.1, 0.15) is 17.2 Å². The maximum absolute atomic E-state index is 13.8. The number of aliphatic carboxylic acids is 1. The molecule has 2 amide bonds. The average Bonchev–Trinajstić information content (AvgIpc) is 2.53. The van der Waals surface area contributed by atoms with Gasteiger partial charge in [0.15, 0.2) is 0 Å². The molecule has 0 radical (unpaired) electrons. The minimum atomic E-state index is -1.70. The summed E-state index contributed by atoms with van der Waals surface area (Å²) < 4.78 is 26.8. The Hall–Kier alpha value is -2.26. The molecule has 1 aromatic rings. The lowest BCUT2D eigenvalue weighted by molar-refractivity contribution is -0.139. The van der Waals surface area contributed by atoms with E-state index in [-0.39, 0.29) is 30.7 Å². The molecule has 0 aromatic heterocycles. The molecular formula is C18H25F2N3O4. The molecule has 1 unspecified atom stereocenters. The Bertz CT molecular complexity index is 693. The summed E-state index contributed by atoms with van der Waals surface area (Å²) in [6, 6.07) is 2.36. The number of amides is 2. The largest absolute Gasteiger partial charge is 0.480 e. The van der Waals surface area contributed by atoms with Crippen LogP contribution in [0.1, 0.15) is 32.3 Å². The maximum atomic E-state index is 13.8. The molecule has 1 aromatic carbocycles. The van der Waals surface area contributed by atoms with Gasteiger partial charge >= 0.3 is 12.0 Å². The molecule has 0 aliphatic heterocycles. The fourth-order valence-electron chi connectivity index (χ4n) is 3.19. The lowest BCUT2D eigenvalue weighted by Gasteiger charge is -2.42. The molecule has 1 atom stereocenters. The van der Waals surface area contributed by atoms with Gasteiger partial charge in [0.25, 0.3) is 0 Å². The van der Waals surface area contributed by atoms with E-state index in [0.29, 0.717) is 25.5 Å². The van der Waals surface area contributed by atoms with Crippen LogP contribution in [-0.4, -0.2) is 58.8 Å². The molecule has 0 heterocycles. The second-order valence-corrected chi connectivity index (χ2v) is 7.00. The Labute approximate surface area is 156 Å². The van der Waals surface area contributed by atoms with Crippen molar-refractivity contribution < 1.29 is 28.6 Å². The van der Waals surface area contributed by atoms with Gasteiger partial charge in [0.2, 0.25) is 0 Å². The Balaban J connectivity index is 1.79. The number of nitrogens with one attached hydrogen (secondary N) is 2. The summed E-state index contributed by atoms with van der Waals surface area (Å²) in [7, 11) is 0. The number of carboxylic acids is 1. The van der Waals surface area contributed by atoms with E-state index in [1.807, 2.05) is 11.8 Å². The number of hydrogen-bond acceptors (Lipinski definition) is 4. The molecule has 1 aliphatic carbocycles. The van der Waals surface area contributed by atoms with Crippen molar-refractivity contribution in [2.24, 2.45) is 0 Å². The van der Waals surface area contributed by atoms with Crippen LogP contribution in [0.25, 0.3) is 0 Å². The first-order valence-corrected chi connectivity index (χ1v) is 8.80. The molecule has 27 heavy (non-hydrogen) atoms. The predicted molar refractivity (Wildman–Crippen MR) is 94.2 cm³/mol. The number of rotatable bonds is 8. The molecule has 4 N–H and O–H groups in total. The zero-order valence-electron chi connectivity index (χ0n) is 15.3. The highest BCUT2D eigenvalue weighted by Gasteiger charge is 2.35. The van der Waals surface area contributed by atoms with Gasteiger partial charge in [-0.3, -0.25) is 9.69 Å². The number of urea groups is 1. The highest BCUT2D eigenvalue weighted by Crippen LogP contribution is 2.26. The monoisotopic (exact) mass is 385 g/mol. The number of benzene rings is 1. The maximum Gasteiger partial charge on any atom is 0.317 e. The Morgan fingerprint density at radius 2 is 2.00 bits per heavy atom. The second-order valence-electron chi connectivity index (χ2n) is 7.00. The second kappa shape index (κ2) is 8.62. The van der Waals surface area contributed by atoms with Crippen LogP contribution < -0.4 is 10.6 Å². The SMILES string of the molecule is CCN(CC(=O)O)C1CC(NC(=O)NCC(C)(O)c2ccc(F)cc2F)C1. The van der Waals surface area contributed by atoms with Crippen LogP contribution in [-0.2, 0) is 10.4 Å². The summed E-state index contributed by atoms with van der Waals surface area (Å²) >= 11 is 0. The highest BCUT2D eigenvalue weighted by atomic mass is 19.1. The predicted octanol–water partition coefficient (Wildman–Crippen LogP) is 1.41. The van der Waals surface area contributed by atoms with Crippen molar-refractivity contribution in [2.45, 2.75) is 44.4 Å². The molecule has 1 saturated carbocycles. The Kier molecular flexibility index (Phi) is 6.72. The van der Waals surface area contributed by atoms with E-state index in [1.165, 1.54) is 6.92 Å². The number of aliphatic hydroxyl groups is 1. The summed E-state index contributed by atoms with van der Waals surface area (Å²) in [6.45, 7) is 3.53. The van der Waals surface area contributed by atoms with E-state index in [9.17, 15) is 23.5 Å². The molecule has 9 heteroatoms. The third-order valence-electron chi connectivity index (χ3n) is 4.81. The van der Waals surface area contributed by atoms with Crippen LogP contribution in [0.5, 0.6) is 0 Å². The third kappa shape index (κ3) is 5.61. The van der Waals surface area contributed by atoms with Crippen molar-refractivity contribution in [3.05, 3.63) is 35.4 Å². The van der Waals surface area contributed by atoms with Gasteiger partial charge in [-0.2, -0.15) is 0 Å². The Morgan fingerprint density at radius 3 is 2.56 bits per heavy atom. The van der Waals surface area contributed by atoms with Gasteiger partial charge in [-0.25, -0.2) is 13.6 Å². The third-order valence-corrected chi connectivity index (χ3v) is 4.81. The van der Waals surface area contributed by atoms with E-state index in [1.54, 1.807) is 0 Å². The van der Waals surface area contributed by atoms with E-state index in [4.69, 9.17) is 5.11 Å². The van der Waals surface area contributed by atoms with Crippen molar-refractivity contribution in [1.82, 2.24) is 15.5 Å². The van der Waals surface area contributed by atoms with Crippen LogP contribution in [0, 0.1) is 11.6 Å². The Morgan fingerprint density at radius 1 is 1.33 bits per heavy atom. The number of carbonyl (C=O) groups excluding carboxylic acids is 1. The lowest BCUT2D eigenvalue weighted by atomic mass is 9.85. The minimum absolute atomic E-state index is 0.0355. The van der Waals surface area contributed by atoms with E-state index < -0.39 is 29.2 Å². The van der Waals surface area contributed by atoms with E-state index >= 15 is 0 Å². The number of halogens is 2. The van der Waals surface area contributed by atoms with Gasteiger partial charge in [-0.15, -0.1) is 0 Å². The van der Waals surface area contributed by atoms with Crippen LogP contribution in [0.3, 0.4) is 0 Å². The highest BCUT2D eigenvalue weighted by molar-refractivity contribution is 5.74. The molecule has 0 spiro atoms. The summed E-state index contributed by atoms with van der Waals surface area (Å²) in [5.41, 5.74) is -1.81. The molecule has 0 bridgehead atoms. The minimum Gasteiger partial charge on any atom is -0.480 e. The number of carbonyl (C=O) groups is 2. The average molecular weight is 385 g/mol. The molecule has 150 valence electrons. The summed E-state index contributed by atoms with van der Waals surface area (Å²) in [5, 5.41) is 24.5. The molecule has 1 fully saturated rings. The summed E-state index contributed by atoms with van der Waals surface area (Å²) in [5.74, 6) is -2.52. The smallest absolute Gasteiger partial charge is 0.317 e. The number of carboxylic acid groups (broad SMARTS) is 1. The van der Waals surface area contributed by atoms with E-state index in [2.05, 4.69) is 10.6 Å². The fraction of sp³-hybridized carbons (Fsp3) is 0.556. The molecule has 2 rings (SSSR count). The van der Waals surface area contributed by atoms with Gasteiger partial charge in [0.05, 0.1) is 13.1 Å². The van der Waals surface area contributed by atoms with Gasteiger partial charge in [-0.1, -0.05) is 13.0 Å². The van der Waals surface area contributed by atoms with Crippen LogP contribution in [0.4, 0.5) is 13.6 Å².